The summed E-state index contributed by atoms with van der Waals surface area (Å²) in [6.07, 6.45) is 0.878. The summed E-state index contributed by atoms with van der Waals surface area (Å²) in [5.41, 5.74) is 1.04. The molecule has 2 aromatic rings. The van der Waals surface area contributed by atoms with Gasteiger partial charge < -0.3 is 4.90 Å². The molecular weight excluding hydrogens is 381 g/mol. The number of benzene rings is 2. The molecule has 0 bridgehead atoms. The van der Waals surface area contributed by atoms with Crippen LogP contribution in [-0.2, 0) is 10.0 Å². The number of hydrogen-bond acceptors (Lipinski definition) is 4. The molecule has 0 atom stereocenters. The summed E-state index contributed by atoms with van der Waals surface area (Å²) >= 11 is 0. The number of hydrogen-bond donors (Lipinski definition) is 1. The fraction of sp³-hybridized carbons (Fsp3) is 0.300. The van der Waals surface area contributed by atoms with E-state index in [1.165, 1.54) is 17.0 Å². The molecule has 0 saturated carbocycles. The fourth-order valence-electron chi connectivity index (χ4n) is 3.13. The van der Waals surface area contributed by atoms with Crippen molar-refractivity contribution in [2.75, 3.05) is 13.1 Å². The number of carbonyl (C=O) groups excluding carboxylic acids is 1. The summed E-state index contributed by atoms with van der Waals surface area (Å²) < 4.78 is 41.7. The zero-order valence-corrected chi connectivity index (χ0v) is 16.2. The lowest BCUT2D eigenvalue weighted by Gasteiger charge is -2.32. The predicted octanol–water partition coefficient (Wildman–Crippen LogP) is 2.59. The van der Waals surface area contributed by atoms with Gasteiger partial charge in [0.1, 0.15) is 5.82 Å². The molecule has 0 radical (unpaired) electrons. The number of carbonyl (C=O) groups is 1. The Morgan fingerprint density at radius 2 is 1.82 bits per heavy atom. The number of aryl methyl sites for hydroxylation is 1. The van der Waals surface area contributed by atoms with Crippen molar-refractivity contribution in [1.29, 1.82) is 5.26 Å². The van der Waals surface area contributed by atoms with Gasteiger partial charge >= 0.3 is 0 Å². The first kappa shape index (κ1) is 20.0. The van der Waals surface area contributed by atoms with Gasteiger partial charge in [0.05, 0.1) is 22.1 Å². The average molecular weight is 401 g/mol. The lowest BCUT2D eigenvalue weighted by Crippen LogP contribution is -2.46. The van der Waals surface area contributed by atoms with Crippen molar-refractivity contribution in [3.05, 3.63) is 65.0 Å². The maximum absolute atomic E-state index is 14.1. The minimum Gasteiger partial charge on any atom is -0.338 e. The van der Waals surface area contributed by atoms with Gasteiger partial charge in [-0.15, -0.1) is 0 Å². The molecule has 1 aliphatic heterocycles. The smallest absolute Gasteiger partial charge is 0.256 e. The molecule has 0 unspecified atom stereocenters. The molecule has 2 aromatic carbocycles. The Hall–Kier alpha value is -2.76. The van der Waals surface area contributed by atoms with Crippen LogP contribution in [0, 0.1) is 24.1 Å². The Bertz CT molecular complexity index is 1020. The van der Waals surface area contributed by atoms with Gasteiger partial charge in [0, 0.05) is 19.1 Å². The topological polar surface area (TPSA) is 90.3 Å². The second-order valence-electron chi connectivity index (χ2n) is 6.81. The van der Waals surface area contributed by atoms with Gasteiger partial charge in [-0.3, -0.25) is 4.79 Å². The highest BCUT2D eigenvalue weighted by molar-refractivity contribution is 7.89. The molecular formula is C20H20FN3O3S. The Kier molecular flexibility index (Phi) is 5.77. The summed E-state index contributed by atoms with van der Waals surface area (Å²) in [6.45, 7) is 2.52. The van der Waals surface area contributed by atoms with Crippen molar-refractivity contribution in [2.45, 2.75) is 30.7 Å². The van der Waals surface area contributed by atoms with Gasteiger partial charge in [-0.1, -0.05) is 17.7 Å². The van der Waals surface area contributed by atoms with E-state index in [1.54, 1.807) is 24.3 Å². The van der Waals surface area contributed by atoms with Crippen molar-refractivity contribution in [1.82, 2.24) is 9.62 Å². The number of sulfonamides is 1. The second-order valence-corrected chi connectivity index (χ2v) is 8.52. The van der Waals surface area contributed by atoms with Crippen LogP contribution in [-0.4, -0.2) is 38.4 Å². The van der Waals surface area contributed by atoms with Crippen LogP contribution in [0.15, 0.2) is 47.4 Å². The highest BCUT2D eigenvalue weighted by atomic mass is 32.2. The number of amides is 1. The minimum absolute atomic E-state index is 0.0855. The summed E-state index contributed by atoms with van der Waals surface area (Å²) in [6, 6.07) is 11.9. The lowest BCUT2D eigenvalue weighted by atomic mass is 10.0. The van der Waals surface area contributed by atoms with Crippen molar-refractivity contribution in [3.63, 3.8) is 0 Å². The van der Waals surface area contributed by atoms with E-state index in [0.717, 1.165) is 11.6 Å². The van der Waals surface area contributed by atoms with Crippen LogP contribution in [0.1, 0.15) is 34.3 Å². The third-order valence-corrected chi connectivity index (χ3v) is 6.30. The van der Waals surface area contributed by atoms with E-state index >= 15 is 0 Å². The van der Waals surface area contributed by atoms with Crippen LogP contribution in [0.3, 0.4) is 0 Å². The fourth-order valence-corrected chi connectivity index (χ4v) is 4.44. The molecule has 28 heavy (non-hydrogen) atoms. The number of likely N-dealkylation sites (tertiary alicyclic amines) is 1. The minimum atomic E-state index is -3.63. The summed E-state index contributed by atoms with van der Waals surface area (Å²) in [5.74, 6) is -1.19. The predicted molar refractivity (Wildman–Crippen MR) is 102 cm³/mol. The van der Waals surface area contributed by atoms with E-state index in [9.17, 15) is 17.6 Å². The highest BCUT2D eigenvalue weighted by Crippen LogP contribution is 2.19. The SMILES string of the molecule is Cc1ccc(S(=O)(=O)NC2CCN(C(=O)c3ccc(C#N)cc3F)CC2)cc1. The number of rotatable bonds is 4. The van der Waals surface area contributed by atoms with Gasteiger partial charge in [-0.2, -0.15) is 5.26 Å². The number of piperidine rings is 1. The van der Waals surface area contributed by atoms with Gasteiger partial charge in [-0.05, 0) is 50.1 Å². The maximum atomic E-state index is 14.1. The lowest BCUT2D eigenvalue weighted by molar-refractivity contribution is 0.0706. The molecule has 6 nitrogen and oxygen atoms in total. The number of nitrogens with one attached hydrogen (secondary N) is 1. The van der Waals surface area contributed by atoms with Crippen LogP contribution in [0.4, 0.5) is 4.39 Å². The normalized spacial score (nSPS) is 15.2. The van der Waals surface area contributed by atoms with Crippen LogP contribution in [0.2, 0.25) is 0 Å². The van der Waals surface area contributed by atoms with Gasteiger partial charge in [0.15, 0.2) is 0 Å². The van der Waals surface area contributed by atoms with Crippen LogP contribution in [0.5, 0.6) is 0 Å². The average Bonchev–Trinajstić information content (AvgIpc) is 2.68. The first-order valence-electron chi connectivity index (χ1n) is 8.88. The molecule has 0 aromatic heterocycles. The largest absolute Gasteiger partial charge is 0.338 e. The Labute approximate surface area is 163 Å². The molecule has 1 amide bonds. The molecule has 3 rings (SSSR count). The molecule has 1 heterocycles. The zero-order chi connectivity index (χ0) is 20.3. The number of halogens is 1. The van der Waals surface area contributed by atoms with Crippen molar-refractivity contribution < 1.29 is 17.6 Å². The zero-order valence-electron chi connectivity index (χ0n) is 15.4. The molecule has 1 N–H and O–H groups in total. The Morgan fingerprint density at radius 3 is 2.39 bits per heavy atom. The van der Waals surface area contributed by atoms with E-state index < -0.39 is 21.7 Å². The number of nitrogens with zero attached hydrogens (tertiary/aromatic N) is 2. The van der Waals surface area contributed by atoms with Gasteiger partial charge in [0.2, 0.25) is 10.0 Å². The Morgan fingerprint density at radius 1 is 1.18 bits per heavy atom. The molecule has 0 aliphatic carbocycles. The standard InChI is InChI=1S/C20H20FN3O3S/c1-14-2-5-17(6-3-14)28(26,27)23-16-8-10-24(11-9-16)20(25)18-7-4-15(13-22)12-19(18)21/h2-7,12,16,23H,8-11H2,1H3. The van der Waals surface area contributed by atoms with Crippen LogP contribution < -0.4 is 4.72 Å². The quantitative estimate of drug-likeness (QED) is 0.853. The summed E-state index contributed by atoms with van der Waals surface area (Å²) in [5, 5.41) is 8.79. The van der Waals surface area contributed by atoms with Crippen LogP contribution >= 0.6 is 0 Å². The Balaban J connectivity index is 1.62. The van der Waals surface area contributed by atoms with Gasteiger partial charge in [0.25, 0.3) is 5.91 Å². The molecule has 1 aliphatic rings. The molecule has 1 saturated heterocycles. The maximum Gasteiger partial charge on any atom is 0.256 e. The highest BCUT2D eigenvalue weighted by Gasteiger charge is 2.28. The summed E-state index contributed by atoms with van der Waals surface area (Å²) in [7, 11) is -3.63. The van der Waals surface area contributed by atoms with Crippen molar-refractivity contribution >= 4 is 15.9 Å². The monoisotopic (exact) mass is 401 g/mol. The first-order chi connectivity index (χ1) is 13.3. The van der Waals surface area contributed by atoms with Gasteiger partial charge in [-0.25, -0.2) is 17.5 Å². The van der Waals surface area contributed by atoms with Crippen molar-refractivity contribution in [3.8, 4) is 6.07 Å². The summed E-state index contributed by atoms with van der Waals surface area (Å²) in [4.78, 5) is 14.2. The molecule has 1 fully saturated rings. The molecule has 8 heteroatoms. The molecule has 146 valence electrons. The second kappa shape index (κ2) is 8.09. The third kappa shape index (κ3) is 4.38. The van der Waals surface area contributed by atoms with E-state index in [2.05, 4.69) is 4.72 Å². The number of nitriles is 1. The first-order valence-corrected chi connectivity index (χ1v) is 10.4. The van der Waals surface area contributed by atoms with E-state index in [1.807, 2.05) is 13.0 Å². The molecule has 0 spiro atoms. The van der Waals surface area contributed by atoms with Crippen molar-refractivity contribution in [2.24, 2.45) is 0 Å². The van der Waals surface area contributed by atoms with E-state index in [-0.39, 0.29) is 22.1 Å². The van der Waals surface area contributed by atoms with Crippen LogP contribution in [0.25, 0.3) is 0 Å². The third-order valence-electron chi connectivity index (χ3n) is 4.76. The van der Waals surface area contributed by atoms with E-state index in [0.29, 0.717) is 25.9 Å². The van der Waals surface area contributed by atoms with E-state index in [4.69, 9.17) is 5.26 Å².